The van der Waals surface area contributed by atoms with Gasteiger partial charge in [0, 0.05) is 6.07 Å². The highest BCUT2D eigenvalue weighted by atomic mass is 35.5. The highest BCUT2D eigenvalue weighted by Crippen LogP contribution is 2.22. The van der Waals surface area contributed by atoms with Crippen molar-refractivity contribution in [3.63, 3.8) is 0 Å². The monoisotopic (exact) mass is 254 g/mol. The fraction of sp³-hybridized carbons (Fsp3) is 0.429. The van der Waals surface area contributed by atoms with Crippen LogP contribution in [-0.4, -0.2) is 12.0 Å². The van der Waals surface area contributed by atoms with Gasteiger partial charge in [0.05, 0.1) is 17.5 Å². The highest BCUT2D eigenvalue weighted by Gasteiger charge is 2.09. The molecule has 1 aromatic rings. The van der Waals surface area contributed by atoms with Crippen LogP contribution in [0.3, 0.4) is 0 Å². The lowest BCUT2D eigenvalue weighted by Crippen LogP contribution is -2.14. The predicted octanol–water partition coefficient (Wildman–Crippen LogP) is 3.98. The molecule has 0 heterocycles. The minimum atomic E-state index is -0.317. The van der Waals surface area contributed by atoms with Crippen molar-refractivity contribution in [1.82, 2.24) is 0 Å². The Morgan fingerprint density at radius 2 is 2.06 bits per heavy atom. The van der Waals surface area contributed by atoms with Crippen LogP contribution in [0.25, 0.3) is 0 Å². The van der Waals surface area contributed by atoms with E-state index in [1.807, 2.05) is 13.8 Å². The van der Waals surface area contributed by atoms with Crippen LogP contribution in [0, 0.1) is 17.7 Å². The third-order valence-electron chi connectivity index (χ3n) is 2.44. The molecule has 0 atom stereocenters. The first-order valence-electron chi connectivity index (χ1n) is 5.72. The average Bonchev–Trinajstić information content (AvgIpc) is 2.35. The molecule has 0 aromatic heterocycles. The summed E-state index contributed by atoms with van der Waals surface area (Å²) < 4.78 is 18.9. The molecule has 0 radical (unpaired) electrons. The summed E-state index contributed by atoms with van der Waals surface area (Å²) in [7, 11) is 0. The standard InChI is InChI=1S/C14H16ClFO/c1-3-13(4-2)17-14-10-12(16)8-7-11(14)6-5-9-15/h7-8,10,13H,3-4,9H2,1-2H3. The summed E-state index contributed by atoms with van der Waals surface area (Å²) in [5, 5.41) is 0. The van der Waals surface area contributed by atoms with Crippen molar-refractivity contribution >= 4 is 11.6 Å². The molecule has 92 valence electrons. The Morgan fingerprint density at radius 3 is 2.65 bits per heavy atom. The number of benzene rings is 1. The number of rotatable bonds is 4. The van der Waals surface area contributed by atoms with Crippen LogP contribution in [0.15, 0.2) is 18.2 Å². The Hall–Kier alpha value is -1.20. The van der Waals surface area contributed by atoms with Crippen LogP contribution in [0.4, 0.5) is 4.39 Å². The van der Waals surface area contributed by atoms with Crippen molar-refractivity contribution in [2.75, 3.05) is 5.88 Å². The zero-order chi connectivity index (χ0) is 12.7. The summed E-state index contributed by atoms with van der Waals surface area (Å²) in [5.41, 5.74) is 0.680. The number of hydrogen-bond acceptors (Lipinski definition) is 1. The van der Waals surface area contributed by atoms with Crippen LogP contribution in [0.1, 0.15) is 32.3 Å². The topological polar surface area (TPSA) is 9.23 Å². The summed E-state index contributed by atoms with van der Waals surface area (Å²) in [6, 6.07) is 4.36. The second kappa shape index (κ2) is 7.19. The van der Waals surface area contributed by atoms with E-state index in [0.717, 1.165) is 12.8 Å². The number of ether oxygens (including phenoxy) is 1. The molecule has 0 bridgehead atoms. The SMILES string of the molecule is CCC(CC)Oc1cc(F)ccc1C#CCCl. The average molecular weight is 255 g/mol. The molecule has 0 saturated heterocycles. The molecule has 3 heteroatoms. The second-order valence-electron chi connectivity index (χ2n) is 3.63. The van der Waals surface area contributed by atoms with Crippen LogP contribution in [-0.2, 0) is 0 Å². The van der Waals surface area contributed by atoms with Gasteiger partial charge in [0.15, 0.2) is 0 Å². The molecule has 0 aliphatic carbocycles. The van der Waals surface area contributed by atoms with E-state index in [2.05, 4.69) is 11.8 Å². The lowest BCUT2D eigenvalue weighted by atomic mass is 10.1. The molecule has 0 aliphatic heterocycles. The molecule has 0 N–H and O–H groups in total. The molecule has 17 heavy (non-hydrogen) atoms. The first kappa shape index (κ1) is 13.9. The fourth-order valence-electron chi connectivity index (χ4n) is 1.46. The summed E-state index contributed by atoms with van der Waals surface area (Å²) >= 11 is 5.51. The van der Waals surface area contributed by atoms with Crippen molar-refractivity contribution in [2.45, 2.75) is 32.8 Å². The zero-order valence-electron chi connectivity index (χ0n) is 10.1. The van der Waals surface area contributed by atoms with Crippen LogP contribution in [0.2, 0.25) is 0 Å². The van der Waals surface area contributed by atoms with Gasteiger partial charge in [-0.2, -0.15) is 0 Å². The van der Waals surface area contributed by atoms with Gasteiger partial charge in [-0.1, -0.05) is 25.7 Å². The highest BCUT2D eigenvalue weighted by molar-refractivity contribution is 6.19. The van der Waals surface area contributed by atoms with Crippen molar-refractivity contribution in [3.05, 3.63) is 29.6 Å². The van der Waals surface area contributed by atoms with Crippen molar-refractivity contribution in [3.8, 4) is 17.6 Å². The van der Waals surface area contributed by atoms with Gasteiger partial charge in [0.2, 0.25) is 0 Å². The Labute approximate surface area is 107 Å². The molecule has 0 fully saturated rings. The van der Waals surface area contributed by atoms with Gasteiger partial charge < -0.3 is 4.74 Å². The van der Waals surface area contributed by atoms with Gasteiger partial charge in [0.25, 0.3) is 0 Å². The summed E-state index contributed by atoms with van der Waals surface area (Å²) in [4.78, 5) is 0. The molecule has 1 nitrogen and oxygen atoms in total. The number of alkyl halides is 1. The van der Waals surface area contributed by atoms with Gasteiger partial charge in [-0.25, -0.2) is 4.39 Å². The molecule has 0 aliphatic rings. The maximum Gasteiger partial charge on any atom is 0.138 e. The van der Waals surface area contributed by atoms with Crippen LogP contribution in [0.5, 0.6) is 5.75 Å². The lowest BCUT2D eigenvalue weighted by Gasteiger charge is -2.16. The summed E-state index contributed by atoms with van der Waals surface area (Å²) in [6.45, 7) is 4.08. The molecular weight excluding hydrogens is 239 g/mol. The van der Waals surface area contributed by atoms with Gasteiger partial charge in [-0.3, -0.25) is 0 Å². The molecule has 1 rings (SSSR count). The Morgan fingerprint density at radius 1 is 1.35 bits per heavy atom. The van der Waals surface area contributed by atoms with E-state index in [1.165, 1.54) is 12.1 Å². The third kappa shape index (κ3) is 4.28. The summed E-state index contributed by atoms with van der Waals surface area (Å²) in [6.07, 6.45) is 1.86. The van der Waals surface area contributed by atoms with Crippen molar-refractivity contribution < 1.29 is 9.13 Å². The van der Waals surface area contributed by atoms with E-state index < -0.39 is 0 Å². The molecule has 0 unspecified atom stereocenters. The van der Waals surface area contributed by atoms with Gasteiger partial charge >= 0.3 is 0 Å². The van der Waals surface area contributed by atoms with E-state index in [0.29, 0.717) is 11.3 Å². The van der Waals surface area contributed by atoms with E-state index in [1.54, 1.807) is 6.07 Å². The third-order valence-corrected chi connectivity index (χ3v) is 2.57. The Balaban J connectivity index is 2.98. The maximum absolute atomic E-state index is 13.2. The van der Waals surface area contributed by atoms with E-state index in [4.69, 9.17) is 16.3 Å². The molecule has 0 spiro atoms. The van der Waals surface area contributed by atoms with Crippen LogP contribution >= 0.6 is 11.6 Å². The van der Waals surface area contributed by atoms with Crippen molar-refractivity contribution in [1.29, 1.82) is 0 Å². The van der Waals surface area contributed by atoms with Gasteiger partial charge in [-0.15, -0.1) is 11.6 Å². The normalized spacial score (nSPS) is 9.94. The smallest absolute Gasteiger partial charge is 0.138 e. The van der Waals surface area contributed by atoms with Crippen molar-refractivity contribution in [2.24, 2.45) is 0 Å². The minimum Gasteiger partial charge on any atom is -0.489 e. The number of halogens is 2. The summed E-state index contributed by atoms with van der Waals surface area (Å²) in [5.74, 6) is 6.05. The van der Waals surface area contributed by atoms with E-state index in [9.17, 15) is 4.39 Å². The molecular formula is C14H16ClFO. The Kier molecular flexibility index (Phi) is 5.86. The zero-order valence-corrected chi connectivity index (χ0v) is 10.9. The quantitative estimate of drug-likeness (QED) is 0.583. The predicted molar refractivity (Wildman–Crippen MR) is 69.0 cm³/mol. The minimum absolute atomic E-state index is 0.0911. The first-order chi connectivity index (χ1) is 8.21. The molecule has 0 amide bonds. The fourth-order valence-corrected chi connectivity index (χ4v) is 1.53. The maximum atomic E-state index is 13.2. The number of hydrogen-bond donors (Lipinski definition) is 0. The lowest BCUT2D eigenvalue weighted by molar-refractivity contribution is 0.191. The van der Waals surface area contributed by atoms with E-state index in [-0.39, 0.29) is 17.8 Å². The second-order valence-corrected chi connectivity index (χ2v) is 3.90. The van der Waals surface area contributed by atoms with Crippen LogP contribution < -0.4 is 4.74 Å². The first-order valence-corrected chi connectivity index (χ1v) is 6.25. The largest absolute Gasteiger partial charge is 0.489 e. The molecule has 0 saturated carbocycles. The molecule has 1 aromatic carbocycles. The Bertz CT molecular complexity index is 416. The van der Waals surface area contributed by atoms with E-state index >= 15 is 0 Å². The van der Waals surface area contributed by atoms with Gasteiger partial charge in [-0.05, 0) is 25.0 Å². The van der Waals surface area contributed by atoms with Gasteiger partial charge in [0.1, 0.15) is 11.6 Å².